The molecule has 1 spiro atoms. The van der Waals surface area contributed by atoms with E-state index >= 15 is 0 Å². The summed E-state index contributed by atoms with van der Waals surface area (Å²) >= 11 is 1.88. The van der Waals surface area contributed by atoms with E-state index < -0.39 is 5.41 Å². The number of aliphatic imine (C=N–C) groups is 2. The van der Waals surface area contributed by atoms with Crippen molar-refractivity contribution >= 4 is 29.0 Å². The predicted molar refractivity (Wildman–Crippen MR) is 265 cm³/mol. The molecule has 3 heteroatoms. The van der Waals surface area contributed by atoms with E-state index in [1.807, 2.05) is 60.3 Å². The first kappa shape index (κ1) is 38.3. The van der Waals surface area contributed by atoms with E-state index in [2.05, 4.69) is 189 Å². The maximum Gasteiger partial charge on any atom is 0.160 e. The number of amidine groups is 1. The summed E-state index contributed by atoms with van der Waals surface area (Å²) in [5.74, 6) is 0.619. The molecule has 0 unspecified atom stereocenters. The van der Waals surface area contributed by atoms with E-state index in [0.717, 1.165) is 44.7 Å². The molecule has 9 aromatic carbocycles. The van der Waals surface area contributed by atoms with Gasteiger partial charge in [-0.3, -0.25) is 0 Å². The molecule has 2 nitrogen and oxygen atoms in total. The van der Waals surface area contributed by atoms with Gasteiger partial charge in [0, 0.05) is 26.6 Å². The summed E-state index contributed by atoms with van der Waals surface area (Å²) in [5, 5.41) is 0. The van der Waals surface area contributed by atoms with Gasteiger partial charge in [-0.15, -0.1) is 0 Å². The van der Waals surface area contributed by atoms with Gasteiger partial charge < -0.3 is 0 Å². The van der Waals surface area contributed by atoms with Crippen molar-refractivity contribution in [2.45, 2.75) is 22.1 Å². The zero-order valence-corrected chi connectivity index (χ0v) is 35.7. The van der Waals surface area contributed by atoms with Crippen LogP contribution in [0.1, 0.15) is 45.9 Å². The van der Waals surface area contributed by atoms with Gasteiger partial charge in [0.15, 0.2) is 5.84 Å². The smallest absolute Gasteiger partial charge is 0.160 e. The highest BCUT2D eigenvalue weighted by Crippen LogP contribution is 2.62. The van der Waals surface area contributed by atoms with Crippen LogP contribution in [-0.2, 0) is 5.41 Å². The highest BCUT2D eigenvalue weighted by atomic mass is 32.2. The molecule has 63 heavy (non-hydrogen) atoms. The Morgan fingerprint density at radius 2 is 0.937 bits per heavy atom. The fourth-order valence-electron chi connectivity index (χ4n) is 9.67. The summed E-state index contributed by atoms with van der Waals surface area (Å²) in [6, 6.07) is 80.6. The topological polar surface area (TPSA) is 24.7 Å². The van der Waals surface area contributed by atoms with Gasteiger partial charge in [0.05, 0.1) is 11.1 Å². The second-order valence-electron chi connectivity index (χ2n) is 16.1. The van der Waals surface area contributed by atoms with Gasteiger partial charge in [0.1, 0.15) is 0 Å². The zero-order chi connectivity index (χ0) is 42.3. The van der Waals surface area contributed by atoms with Crippen molar-refractivity contribution in [1.82, 2.24) is 0 Å². The highest BCUT2D eigenvalue weighted by molar-refractivity contribution is 7.99. The zero-order valence-electron chi connectivity index (χ0n) is 34.9. The molecule has 0 atom stereocenters. The maximum atomic E-state index is 5.27. The predicted octanol–water partition coefficient (Wildman–Crippen LogP) is 15.4. The number of rotatable bonds is 7. The lowest BCUT2D eigenvalue weighted by Crippen LogP contribution is -2.32. The highest BCUT2D eigenvalue weighted by Gasteiger charge is 2.50. The van der Waals surface area contributed by atoms with Gasteiger partial charge in [-0.1, -0.05) is 225 Å². The number of fused-ring (bicyclic) bond motifs is 9. The Kier molecular flexibility index (Phi) is 9.75. The molecular weight excluding hydrogens is 781 g/mol. The summed E-state index contributed by atoms with van der Waals surface area (Å²) in [7, 11) is 0. The van der Waals surface area contributed by atoms with Crippen LogP contribution in [-0.4, -0.2) is 11.5 Å². The molecule has 0 aromatic heterocycles. The number of benzene rings is 9. The number of nitrogens with zero attached hydrogens (tertiary/aromatic N) is 2. The minimum absolute atomic E-state index is 0.412. The van der Waals surface area contributed by atoms with E-state index in [0.29, 0.717) is 11.5 Å². The molecule has 0 N–H and O–H groups in total. The van der Waals surface area contributed by atoms with Crippen LogP contribution in [0, 0.1) is 0 Å². The Balaban J connectivity index is 1.01. The van der Waals surface area contributed by atoms with Crippen LogP contribution < -0.4 is 0 Å². The summed E-state index contributed by atoms with van der Waals surface area (Å²) < 4.78 is 0. The van der Waals surface area contributed by atoms with Crippen LogP contribution in [0.4, 0.5) is 0 Å². The summed E-state index contributed by atoms with van der Waals surface area (Å²) in [5.41, 5.74) is 19.0. The second kappa shape index (κ2) is 16.0. The summed E-state index contributed by atoms with van der Waals surface area (Å²) in [4.78, 5) is 12.9. The minimum Gasteiger partial charge on any atom is -0.233 e. The molecule has 0 fully saturated rings. The molecule has 0 bridgehead atoms. The molecule has 1 aliphatic carbocycles. The molecule has 2 aliphatic rings. The SMILES string of the molecule is C=C(N=C(N=C(C)c1cccc(-c2ccc(-c3ccc4c(c3)C3(c5ccccc5S4)c4ccccc4-c4ccccc43)cc2)c1-c1ccccc1)c1ccccc1)c1ccccc1. The third-order valence-corrected chi connectivity index (χ3v) is 13.7. The molecule has 1 heterocycles. The first-order valence-electron chi connectivity index (χ1n) is 21.4. The molecule has 298 valence electrons. The van der Waals surface area contributed by atoms with E-state index in [4.69, 9.17) is 9.98 Å². The van der Waals surface area contributed by atoms with Crippen molar-refractivity contribution in [3.63, 3.8) is 0 Å². The first-order chi connectivity index (χ1) is 31.1. The van der Waals surface area contributed by atoms with E-state index in [1.165, 1.54) is 54.3 Å². The van der Waals surface area contributed by atoms with Crippen molar-refractivity contribution in [1.29, 1.82) is 0 Å². The van der Waals surface area contributed by atoms with Crippen molar-refractivity contribution in [3.8, 4) is 44.5 Å². The van der Waals surface area contributed by atoms with E-state index in [1.54, 1.807) is 0 Å². The molecule has 0 saturated carbocycles. The molecule has 0 radical (unpaired) electrons. The molecule has 0 amide bonds. The van der Waals surface area contributed by atoms with Crippen molar-refractivity contribution in [2.75, 3.05) is 0 Å². The van der Waals surface area contributed by atoms with Gasteiger partial charge in [-0.05, 0) is 97.4 Å². The molecule has 11 rings (SSSR count). The fraction of sp³-hybridized carbons (Fsp3) is 0.0333. The fourth-order valence-corrected chi connectivity index (χ4v) is 10.8. The van der Waals surface area contributed by atoms with E-state index in [-0.39, 0.29) is 0 Å². The third-order valence-electron chi connectivity index (χ3n) is 12.5. The minimum atomic E-state index is -0.412. The van der Waals surface area contributed by atoms with Crippen molar-refractivity contribution in [3.05, 3.63) is 270 Å². The lowest BCUT2D eigenvalue weighted by atomic mass is 9.67. The Morgan fingerprint density at radius 3 is 1.62 bits per heavy atom. The van der Waals surface area contributed by atoms with Crippen LogP contribution in [0.3, 0.4) is 0 Å². The average molecular weight is 823 g/mol. The van der Waals surface area contributed by atoms with Gasteiger partial charge in [0.25, 0.3) is 0 Å². The average Bonchev–Trinajstić information content (AvgIpc) is 3.65. The lowest BCUT2D eigenvalue weighted by Gasteiger charge is -2.40. The van der Waals surface area contributed by atoms with Gasteiger partial charge in [-0.2, -0.15) is 0 Å². The Morgan fingerprint density at radius 1 is 0.413 bits per heavy atom. The van der Waals surface area contributed by atoms with Crippen LogP contribution in [0.25, 0.3) is 50.2 Å². The summed E-state index contributed by atoms with van der Waals surface area (Å²) in [6.07, 6.45) is 0. The van der Waals surface area contributed by atoms with Crippen molar-refractivity contribution < 1.29 is 0 Å². The number of hydrogen-bond donors (Lipinski definition) is 0. The monoisotopic (exact) mass is 822 g/mol. The number of hydrogen-bond acceptors (Lipinski definition) is 2. The molecule has 0 saturated heterocycles. The second-order valence-corrected chi connectivity index (χ2v) is 17.2. The van der Waals surface area contributed by atoms with E-state index in [9.17, 15) is 0 Å². The summed E-state index contributed by atoms with van der Waals surface area (Å²) in [6.45, 7) is 6.41. The Hall–Kier alpha value is -7.59. The Bertz CT molecular complexity index is 3210. The van der Waals surface area contributed by atoms with Crippen molar-refractivity contribution in [2.24, 2.45) is 9.98 Å². The van der Waals surface area contributed by atoms with Gasteiger partial charge in [-0.25, -0.2) is 9.98 Å². The van der Waals surface area contributed by atoms with Crippen LogP contribution in [0.5, 0.6) is 0 Å². The third kappa shape index (κ3) is 6.61. The lowest BCUT2D eigenvalue weighted by molar-refractivity contribution is 0.723. The normalized spacial score (nSPS) is 13.5. The van der Waals surface area contributed by atoms with Crippen LogP contribution >= 0.6 is 11.8 Å². The van der Waals surface area contributed by atoms with Crippen LogP contribution in [0.2, 0.25) is 0 Å². The standard InChI is InChI=1S/C60H42N2S/c1-40(42-19-6-3-7-20-42)61-59(46-23-10-5-11-24-46)62-41(2)48-27-18-28-49(58(48)45-21-8-4-9-22-45)44-35-33-43(34-36-44)47-37-38-57-55(39-47)60(54-31-16-17-32-56(54)63-57)52-29-14-12-25-50(52)51-26-13-15-30-53(51)60/h3-39H,1H2,2H3. The van der Waals surface area contributed by atoms with Gasteiger partial charge >= 0.3 is 0 Å². The van der Waals surface area contributed by atoms with Crippen LogP contribution in [0.15, 0.2) is 251 Å². The Labute approximate surface area is 373 Å². The first-order valence-corrected chi connectivity index (χ1v) is 22.2. The van der Waals surface area contributed by atoms with Gasteiger partial charge in [0.2, 0.25) is 0 Å². The maximum absolute atomic E-state index is 5.27. The molecular formula is C60H42N2S. The molecule has 9 aromatic rings. The largest absolute Gasteiger partial charge is 0.233 e. The quantitative estimate of drug-likeness (QED) is 0.116. The molecule has 1 aliphatic heterocycles.